The number of rotatable bonds is 4. The van der Waals surface area contributed by atoms with Crippen molar-refractivity contribution in [3.05, 3.63) is 24.3 Å². The first kappa shape index (κ1) is 14.0. The molecule has 3 rings (SSSR count). The van der Waals surface area contributed by atoms with Crippen LogP contribution in [-0.4, -0.2) is 39.8 Å². The second-order valence-electron chi connectivity index (χ2n) is 6.21. The van der Waals surface area contributed by atoms with Crippen molar-refractivity contribution in [2.24, 2.45) is 17.1 Å². The van der Waals surface area contributed by atoms with E-state index in [-0.39, 0.29) is 11.8 Å². The van der Waals surface area contributed by atoms with Crippen LogP contribution in [0.3, 0.4) is 0 Å². The Balaban J connectivity index is 1.77. The molecule has 2 heterocycles. The van der Waals surface area contributed by atoms with Gasteiger partial charge in [0.05, 0.1) is 11.6 Å². The topological polar surface area (TPSA) is 89.2 Å². The first-order chi connectivity index (χ1) is 10.1. The molecule has 1 aromatic rings. The maximum absolute atomic E-state index is 12.5. The summed E-state index contributed by atoms with van der Waals surface area (Å²) < 4.78 is 0. The third kappa shape index (κ3) is 2.89. The van der Waals surface area contributed by atoms with Crippen LogP contribution in [0.1, 0.15) is 42.6 Å². The Bertz CT molecular complexity index is 544. The first-order valence-electron chi connectivity index (χ1n) is 7.46. The van der Waals surface area contributed by atoms with Crippen LogP contribution in [0.25, 0.3) is 0 Å². The molecular weight excluding hydrogens is 268 g/mol. The van der Waals surface area contributed by atoms with Crippen molar-refractivity contribution in [3.63, 3.8) is 0 Å². The molecule has 2 aliphatic rings. The third-order valence-electron chi connectivity index (χ3n) is 4.55. The number of nitrogens with zero attached hydrogens (tertiary/aromatic N) is 3. The maximum Gasteiger partial charge on any atom is 0.274 e. The van der Waals surface area contributed by atoms with Crippen molar-refractivity contribution in [2.75, 3.05) is 13.1 Å². The van der Waals surface area contributed by atoms with Crippen molar-refractivity contribution in [1.29, 1.82) is 0 Å². The monoisotopic (exact) mass is 288 g/mol. The molecule has 6 heteroatoms. The highest BCUT2D eigenvalue weighted by atomic mass is 16.2. The van der Waals surface area contributed by atoms with Crippen LogP contribution < -0.4 is 5.73 Å². The summed E-state index contributed by atoms with van der Waals surface area (Å²) in [6.07, 6.45) is 9.25. The van der Waals surface area contributed by atoms with Gasteiger partial charge in [-0.3, -0.25) is 14.6 Å². The zero-order chi connectivity index (χ0) is 14.9. The van der Waals surface area contributed by atoms with Crippen molar-refractivity contribution >= 4 is 11.8 Å². The summed E-state index contributed by atoms with van der Waals surface area (Å²) in [6.45, 7) is 1.06. The Labute approximate surface area is 123 Å². The molecule has 2 amide bonds. The largest absolute Gasteiger partial charge is 0.369 e. The lowest BCUT2D eigenvalue weighted by molar-refractivity contribution is -0.131. The molecule has 1 saturated heterocycles. The molecule has 1 aromatic heterocycles. The number of carbonyl (C=O) groups excluding carboxylic acids is 2. The molecule has 0 aromatic carbocycles. The number of hydrogen-bond acceptors (Lipinski definition) is 4. The van der Waals surface area contributed by atoms with Gasteiger partial charge < -0.3 is 10.6 Å². The van der Waals surface area contributed by atoms with Crippen LogP contribution in [0.4, 0.5) is 0 Å². The van der Waals surface area contributed by atoms with E-state index in [4.69, 9.17) is 5.73 Å². The quantitative estimate of drug-likeness (QED) is 0.894. The van der Waals surface area contributed by atoms with Crippen LogP contribution in [0.2, 0.25) is 0 Å². The van der Waals surface area contributed by atoms with E-state index < -0.39 is 5.41 Å². The first-order valence-corrected chi connectivity index (χ1v) is 7.46. The number of nitrogens with two attached hydrogens (primary N) is 1. The van der Waals surface area contributed by atoms with Crippen LogP contribution in [-0.2, 0) is 4.79 Å². The van der Waals surface area contributed by atoms with Crippen molar-refractivity contribution in [3.8, 4) is 0 Å². The van der Waals surface area contributed by atoms with Gasteiger partial charge in [0, 0.05) is 25.5 Å². The normalized spacial score (nSPS) is 25.6. The smallest absolute Gasteiger partial charge is 0.274 e. The van der Waals surface area contributed by atoms with Gasteiger partial charge in [-0.05, 0) is 25.2 Å². The number of carbonyl (C=O) groups is 2. The molecular formula is C15H20N4O2. The van der Waals surface area contributed by atoms with E-state index in [1.807, 2.05) is 0 Å². The molecule has 1 unspecified atom stereocenters. The number of amides is 2. The van der Waals surface area contributed by atoms with E-state index in [0.29, 0.717) is 24.7 Å². The zero-order valence-electron chi connectivity index (χ0n) is 12.0. The molecule has 1 saturated carbocycles. The Morgan fingerprint density at radius 3 is 2.81 bits per heavy atom. The standard InChI is InChI=1S/C15H20N4O2/c16-14(21)15(8-11-2-3-11)4-1-7-19(10-15)13(20)12-9-17-5-6-18-12/h5-6,9,11H,1-4,7-8,10H2,(H2,16,21). The average Bonchev–Trinajstić information content (AvgIpc) is 3.31. The summed E-state index contributed by atoms with van der Waals surface area (Å²) in [4.78, 5) is 34.2. The zero-order valence-corrected chi connectivity index (χ0v) is 12.0. The van der Waals surface area contributed by atoms with Gasteiger partial charge in [-0.25, -0.2) is 4.98 Å². The molecule has 2 fully saturated rings. The van der Waals surface area contributed by atoms with Gasteiger partial charge in [-0.1, -0.05) is 12.8 Å². The predicted octanol–water partition coefficient (Wildman–Crippen LogP) is 0.984. The second kappa shape index (κ2) is 5.42. The molecule has 0 bridgehead atoms. The number of primary amides is 1. The summed E-state index contributed by atoms with van der Waals surface area (Å²) in [5, 5.41) is 0. The lowest BCUT2D eigenvalue weighted by Gasteiger charge is -2.40. The Morgan fingerprint density at radius 2 is 2.19 bits per heavy atom. The average molecular weight is 288 g/mol. The Hall–Kier alpha value is -1.98. The predicted molar refractivity (Wildman–Crippen MR) is 76.1 cm³/mol. The van der Waals surface area contributed by atoms with Crippen molar-refractivity contribution < 1.29 is 9.59 Å². The minimum atomic E-state index is -0.558. The number of aromatic nitrogens is 2. The molecule has 112 valence electrons. The van der Waals surface area contributed by atoms with Gasteiger partial charge in [0.15, 0.2) is 0 Å². The highest BCUT2D eigenvalue weighted by Gasteiger charge is 2.45. The summed E-state index contributed by atoms with van der Waals surface area (Å²) >= 11 is 0. The summed E-state index contributed by atoms with van der Waals surface area (Å²) in [7, 11) is 0. The Kier molecular flexibility index (Phi) is 3.61. The van der Waals surface area contributed by atoms with Crippen LogP contribution >= 0.6 is 0 Å². The van der Waals surface area contributed by atoms with E-state index in [2.05, 4.69) is 9.97 Å². The minimum absolute atomic E-state index is 0.163. The number of hydrogen-bond donors (Lipinski definition) is 1. The molecule has 0 spiro atoms. The number of piperidine rings is 1. The SMILES string of the molecule is NC(=O)C1(CC2CC2)CCCN(C(=O)c2cnccn2)C1. The second-order valence-corrected chi connectivity index (χ2v) is 6.21. The van der Waals surface area contributed by atoms with Crippen LogP contribution in [0.5, 0.6) is 0 Å². The van der Waals surface area contributed by atoms with Gasteiger partial charge in [-0.2, -0.15) is 0 Å². The highest BCUT2D eigenvalue weighted by Crippen LogP contribution is 2.44. The summed E-state index contributed by atoms with van der Waals surface area (Å²) in [5.41, 5.74) is 5.44. The molecule has 1 aliphatic carbocycles. The molecule has 0 radical (unpaired) electrons. The fourth-order valence-electron chi connectivity index (χ4n) is 3.22. The van der Waals surface area contributed by atoms with Gasteiger partial charge in [-0.15, -0.1) is 0 Å². The number of likely N-dealkylation sites (tertiary alicyclic amines) is 1. The fraction of sp³-hybridized carbons (Fsp3) is 0.600. The van der Waals surface area contributed by atoms with Gasteiger partial charge in [0.1, 0.15) is 5.69 Å². The molecule has 1 aliphatic heterocycles. The molecule has 1 atom stereocenters. The van der Waals surface area contributed by atoms with E-state index in [1.54, 1.807) is 4.90 Å². The van der Waals surface area contributed by atoms with Gasteiger partial charge in [0.2, 0.25) is 5.91 Å². The third-order valence-corrected chi connectivity index (χ3v) is 4.55. The molecule has 6 nitrogen and oxygen atoms in total. The van der Waals surface area contributed by atoms with E-state index in [9.17, 15) is 9.59 Å². The van der Waals surface area contributed by atoms with Crippen molar-refractivity contribution in [2.45, 2.75) is 32.1 Å². The lowest BCUT2D eigenvalue weighted by atomic mass is 9.75. The highest BCUT2D eigenvalue weighted by molar-refractivity contribution is 5.92. The van der Waals surface area contributed by atoms with Gasteiger partial charge in [0.25, 0.3) is 5.91 Å². The van der Waals surface area contributed by atoms with E-state index in [0.717, 1.165) is 19.3 Å². The maximum atomic E-state index is 12.5. The van der Waals surface area contributed by atoms with E-state index in [1.165, 1.54) is 31.4 Å². The molecule has 2 N–H and O–H groups in total. The summed E-state index contributed by atoms with van der Waals surface area (Å²) in [5.74, 6) is 0.166. The van der Waals surface area contributed by atoms with Crippen LogP contribution in [0.15, 0.2) is 18.6 Å². The van der Waals surface area contributed by atoms with Gasteiger partial charge >= 0.3 is 0 Å². The minimum Gasteiger partial charge on any atom is -0.369 e. The van der Waals surface area contributed by atoms with Crippen LogP contribution in [0, 0.1) is 11.3 Å². The molecule has 21 heavy (non-hydrogen) atoms. The van der Waals surface area contributed by atoms with Crippen molar-refractivity contribution in [1.82, 2.24) is 14.9 Å². The van der Waals surface area contributed by atoms with E-state index >= 15 is 0 Å². The summed E-state index contributed by atoms with van der Waals surface area (Å²) in [6, 6.07) is 0. The Morgan fingerprint density at radius 1 is 1.38 bits per heavy atom. The fourth-order valence-corrected chi connectivity index (χ4v) is 3.22. The lowest BCUT2D eigenvalue weighted by Crippen LogP contribution is -2.52.